The SMILES string of the molecule is Cc1cccc2nc(C(N)=O)nn12. The van der Waals surface area contributed by atoms with Gasteiger partial charge < -0.3 is 5.73 Å². The van der Waals surface area contributed by atoms with Crippen molar-refractivity contribution in [2.24, 2.45) is 5.73 Å². The Labute approximate surface area is 74.2 Å². The lowest BCUT2D eigenvalue weighted by Gasteiger charge is -1.93. The first-order valence-electron chi connectivity index (χ1n) is 3.80. The van der Waals surface area contributed by atoms with Crippen molar-refractivity contribution in [2.45, 2.75) is 6.92 Å². The number of aryl methyl sites for hydroxylation is 1. The van der Waals surface area contributed by atoms with Crippen LogP contribution in [-0.2, 0) is 0 Å². The highest BCUT2D eigenvalue weighted by atomic mass is 16.1. The van der Waals surface area contributed by atoms with Crippen LogP contribution in [0.25, 0.3) is 5.65 Å². The zero-order chi connectivity index (χ0) is 9.42. The highest BCUT2D eigenvalue weighted by molar-refractivity contribution is 5.89. The number of aromatic nitrogens is 3. The second-order valence-electron chi connectivity index (χ2n) is 2.74. The monoisotopic (exact) mass is 176 g/mol. The minimum Gasteiger partial charge on any atom is -0.363 e. The van der Waals surface area contributed by atoms with E-state index in [9.17, 15) is 4.79 Å². The molecule has 5 heteroatoms. The van der Waals surface area contributed by atoms with Crippen LogP contribution in [0.5, 0.6) is 0 Å². The number of hydrogen-bond acceptors (Lipinski definition) is 3. The largest absolute Gasteiger partial charge is 0.363 e. The van der Waals surface area contributed by atoms with Crippen LogP contribution in [0.15, 0.2) is 18.2 Å². The van der Waals surface area contributed by atoms with Gasteiger partial charge in [0.2, 0.25) is 5.82 Å². The van der Waals surface area contributed by atoms with Gasteiger partial charge in [-0.05, 0) is 19.1 Å². The predicted molar refractivity (Wildman–Crippen MR) is 46.2 cm³/mol. The average molecular weight is 176 g/mol. The van der Waals surface area contributed by atoms with Crippen LogP contribution >= 0.6 is 0 Å². The fourth-order valence-electron chi connectivity index (χ4n) is 1.14. The Kier molecular flexibility index (Phi) is 1.51. The lowest BCUT2D eigenvalue weighted by Crippen LogP contribution is -2.13. The first kappa shape index (κ1) is 7.72. The summed E-state index contributed by atoms with van der Waals surface area (Å²) in [5, 5.41) is 3.94. The van der Waals surface area contributed by atoms with E-state index in [1.54, 1.807) is 10.6 Å². The minimum absolute atomic E-state index is 0.0503. The smallest absolute Gasteiger partial charge is 0.288 e. The van der Waals surface area contributed by atoms with Gasteiger partial charge in [-0.3, -0.25) is 4.79 Å². The van der Waals surface area contributed by atoms with Gasteiger partial charge in [-0.15, -0.1) is 5.10 Å². The lowest BCUT2D eigenvalue weighted by atomic mass is 10.4. The third-order valence-electron chi connectivity index (χ3n) is 1.77. The molecule has 0 unspecified atom stereocenters. The summed E-state index contributed by atoms with van der Waals surface area (Å²) in [6.07, 6.45) is 0. The van der Waals surface area contributed by atoms with E-state index in [0.29, 0.717) is 5.65 Å². The Morgan fingerprint density at radius 2 is 2.31 bits per heavy atom. The third kappa shape index (κ3) is 1.14. The number of nitrogens with two attached hydrogens (primary N) is 1. The maximum absolute atomic E-state index is 10.8. The molecule has 0 aliphatic carbocycles. The van der Waals surface area contributed by atoms with E-state index in [4.69, 9.17) is 5.73 Å². The molecule has 0 radical (unpaired) electrons. The van der Waals surface area contributed by atoms with Crippen molar-refractivity contribution in [2.75, 3.05) is 0 Å². The van der Waals surface area contributed by atoms with Crippen LogP contribution in [0.3, 0.4) is 0 Å². The lowest BCUT2D eigenvalue weighted by molar-refractivity contribution is 0.0990. The average Bonchev–Trinajstić information content (AvgIpc) is 2.49. The van der Waals surface area contributed by atoms with Crippen LogP contribution in [0, 0.1) is 6.92 Å². The van der Waals surface area contributed by atoms with Crippen LogP contribution in [0.4, 0.5) is 0 Å². The summed E-state index contributed by atoms with van der Waals surface area (Å²) in [5.41, 5.74) is 6.60. The number of amides is 1. The van der Waals surface area contributed by atoms with Gasteiger partial charge in [-0.2, -0.15) is 0 Å². The molecule has 0 fully saturated rings. The molecule has 0 saturated heterocycles. The predicted octanol–water partition coefficient (Wildman–Crippen LogP) is 0.137. The number of nitrogens with zero attached hydrogens (tertiary/aromatic N) is 3. The summed E-state index contributed by atoms with van der Waals surface area (Å²) in [4.78, 5) is 14.7. The molecule has 0 spiro atoms. The van der Waals surface area contributed by atoms with Crippen molar-refractivity contribution in [1.29, 1.82) is 0 Å². The summed E-state index contributed by atoms with van der Waals surface area (Å²) in [7, 11) is 0. The molecule has 66 valence electrons. The molecule has 1 amide bonds. The van der Waals surface area contributed by atoms with Crippen molar-refractivity contribution in [3.05, 3.63) is 29.7 Å². The van der Waals surface area contributed by atoms with Gasteiger partial charge >= 0.3 is 0 Å². The summed E-state index contributed by atoms with van der Waals surface area (Å²) in [6.45, 7) is 1.88. The van der Waals surface area contributed by atoms with Crippen LogP contribution in [-0.4, -0.2) is 20.5 Å². The highest BCUT2D eigenvalue weighted by Gasteiger charge is 2.08. The van der Waals surface area contributed by atoms with Crippen molar-refractivity contribution in [3.63, 3.8) is 0 Å². The van der Waals surface area contributed by atoms with Crippen molar-refractivity contribution in [1.82, 2.24) is 14.6 Å². The molecule has 5 nitrogen and oxygen atoms in total. The van der Waals surface area contributed by atoms with Crippen LogP contribution in [0.2, 0.25) is 0 Å². The quantitative estimate of drug-likeness (QED) is 0.671. The molecule has 13 heavy (non-hydrogen) atoms. The Hall–Kier alpha value is -1.91. The first-order valence-corrected chi connectivity index (χ1v) is 3.80. The Morgan fingerprint density at radius 1 is 1.54 bits per heavy atom. The Balaban J connectivity index is 2.75. The molecular weight excluding hydrogens is 168 g/mol. The van der Waals surface area contributed by atoms with E-state index >= 15 is 0 Å². The molecule has 2 heterocycles. The van der Waals surface area contributed by atoms with E-state index in [2.05, 4.69) is 10.1 Å². The molecule has 0 aliphatic rings. The summed E-state index contributed by atoms with van der Waals surface area (Å²) < 4.78 is 1.58. The van der Waals surface area contributed by atoms with Crippen LogP contribution in [0.1, 0.15) is 16.3 Å². The summed E-state index contributed by atoms with van der Waals surface area (Å²) >= 11 is 0. The van der Waals surface area contributed by atoms with E-state index in [0.717, 1.165) is 5.69 Å². The number of carbonyl (C=O) groups excluding carboxylic acids is 1. The number of primary amides is 1. The number of pyridine rings is 1. The van der Waals surface area contributed by atoms with Gasteiger partial charge in [0.05, 0.1) is 0 Å². The molecule has 0 aromatic carbocycles. The second kappa shape index (κ2) is 2.55. The number of rotatable bonds is 1. The molecule has 0 atom stereocenters. The van der Waals surface area contributed by atoms with Gasteiger partial charge in [0.1, 0.15) is 0 Å². The van der Waals surface area contributed by atoms with E-state index in [1.165, 1.54) is 0 Å². The molecule has 0 bridgehead atoms. The van der Waals surface area contributed by atoms with Crippen molar-refractivity contribution >= 4 is 11.6 Å². The minimum atomic E-state index is -0.608. The van der Waals surface area contributed by atoms with Gasteiger partial charge in [-0.1, -0.05) is 6.07 Å². The van der Waals surface area contributed by atoms with Crippen molar-refractivity contribution < 1.29 is 4.79 Å². The molecule has 2 N–H and O–H groups in total. The number of carbonyl (C=O) groups is 1. The fourth-order valence-corrected chi connectivity index (χ4v) is 1.14. The van der Waals surface area contributed by atoms with E-state index in [-0.39, 0.29) is 5.82 Å². The van der Waals surface area contributed by atoms with Gasteiger partial charge in [-0.25, -0.2) is 9.50 Å². The van der Waals surface area contributed by atoms with Crippen molar-refractivity contribution in [3.8, 4) is 0 Å². The van der Waals surface area contributed by atoms with Gasteiger partial charge in [0, 0.05) is 5.69 Å². The number of hydrogen-bond donors (Lipinski definition) is 1. The Morgan fingerprint density at radius 3 is 2.92 bits per heavy atom. The highest BCUT2D eigenvalue weighted by Crippen LogP contribution is 2.03. The zero-order valence-electron chi connectivity index (χ0n) is 7.06. The normalized spacial score (nSPS) is 10.5. The molecule has 2 aromatic rings. The van der Waals surface area contributed by atoms with Crippen LogP contribution < -0.4 is 5.73 Å². The third-order valence-corrected chi connectivity index (χ3v) is 1.77. The first-order chi connectivity index (χ1) is 6.18. The zero-order valence-corrected chi connectivity index (χ0v) is 7.06. The Bertz CT molecular complexity index is 474. The standard InChI is InChI=1S/C8H8N4O/c1-5-3-2-4-6-10-8(7(9)13)11-12(5)6/h2-4H,1H3,(H2,9,13). The second-order valence-corrected chi connectivity index (χ2v) is 2.74. The summed E-state index contributed by atoms with van der Waals surface area (Å²) in [5.74, 6) is -0.558. The molecule has 0 aliphatic heterocycles. The topological polar surface area (TPSA) is 73.3 Å². The van der Waals surface area contributed by atoms with Gasteiger partial charge in [0.15, 0.2) is 5.65 Å². The van der Waals surface area contributed by atoms with E-state index in [1.807, 2.05) is 19.1 Å². The molecule has 0 saturated carbocycles. The van der Waals surface area contributed by atoms with E-state index < -0.39 is 5.91 Å². The molecule has 2 aromatic heterocycles. The molecular formula is C8H8N4O. The maximum atomic E-state index is 10.8. The molecule has 2 rings (SSSR count). The van der Waals surface area contributed by atoms with Gasteiger partial charge in [0.25, 0.3) is 5.91 Å². The number of fused-ring (bicyclic) bond motifs is 1. The fraction of sp³-hybridized carbons (Fsp3) is 0.125. The maximum Gasteiger partial charge on any atom is 0.288 e. The summed E-state index contributed by atoms with van der Waals surface area (Å²) in [6, 6.07) is 5.50.